The van der Waals surface area contributed by atoms with Gasteiger partial charge in [0.25, 0.3) is 5.91 Å². The van der Waals surface area contributed by atoms with Crippen LogP contribution in [0.15, 0.2) is 29.2 Å². The topological polar surface area (TPSA) is 92.5 Å². The van der Waals surface area contributed by atoms with E-state index in [0.717, 1.165) is 10.4 Å². The van der Waals surface area contributed by atoms with Gasteiger partial charge in [0, 0.05) is 25.2 Å². The SMILES string of the molecule is CC(CN)N(C)S(=O)(=O)c1cccc(C(=O)NCC(F)(F)F)c1.Cl. The lowest BCUT2D eigenvalue weighted by molar-refractivity contribution is -0.123. The van der Waals surface area contributed by atoms with E-state index in [2.05, 4.69) is 0 Å². The van der Waals surface area contributed by atoms with Crippen LogP contribution >= 0.6 is 12.4 Å². The Kier molecular flexibility index (Phi) is 8.16. The first kappa shape index (κ1) is 22.6. The number of halogens is 4. The first-order chi connectivity index (χ1) is 10.5. The number of likely N-dealkylation sites (N-methyl/N-ethyl adjacent to an activating group) is 1. The van der Waals surface area contributed by atoms with Crippen LogP contribution in [0.1, 0.15) is 17.3 Å². The fraction of sp³-hybridized carbons (Fsp3) is 0.462. The Morgan fingerprint density at radius 2 is 1.96 bits per heavy atom. The van der Waals surface area contributed by atoms with Gasteiger partial charge in [-0.25, -0.2) is 8.42 Å². The second-order valence-electron chi connectivity index (χ2n) is 4.93. The predicted molar refractivity (Wildman–Crippen MR) is 85.5 cm³/mol. The number of nitrogens with zero attached hydrogens (tertiary/aromatic N) is 1. The van der Waals surface area contributed by atoms with Gasteiger partial charge in [-0.1, -0.05) is 6.07 Å². The predicted octanol–water partition coefficient (Wildman–Crippen LogP) is 1.37. The summed E-state index contributed by atoms with van der Waals surface area (Å²) in [5.74, 6) is -1.01. The van der Waals surface area contributed by atoms with Gasteiger partial charge >= 0.3 is 6.18 Å². The van der Waals surface area contributed by atoms with Crippen molar-refractivity contribution in [3.8, 4) is 0 Å². The number of benzene rings is 1. The van der Waals surface area contributed by atoms with E-state index in [4.69, 9.17) is 5.73 Å². The van der Waals surface area contributed by atoms with Gasteiger partial charge in [-0.2, -0.15) is 17.5 Å². The molecule has 0 aromatic heterocycles. The maximum atomic E-state index is 12.4. The number of alkyl halides is 3. The molecule has 1 aromatic carbocycles. The van der Waals surface area contributed by atoms with E-state index in [9.17, 15) is 26.4 Å². The Morgan fingerprint density at radius 3 is 2.46 bits per heavy atom. The van der Waals surface area contributed by atoms with Crippen LogP contribution in [0.2, 0.25) is 0 Å². The van der Waals surface area contributed by atoms with Gasteiger partial charge in [-0.05, 0) is 25.1 Å². The summed E-state index contributed by atoms with van der Waals surface area (Å²) in [4.78, 5) is 11.5. The van der Waals surface area contributed by atoms with Crippen molar-refractivity contribution in [3.05, 3.63) is 29.8 Å². The van der Waals surface area contributed by atoms with E-state index >= 15 is 0 Å². The molecule has 0 aliphatic rings. The van der Waals surface area contributed by atoms with Gasteiger partial charge in [-0.15, -0.1) is 12.4 Å². The third-order valence-corrected chi connectivity index (χ3v) is 5.15. The third-order valence-electron chi connectivity index (χ3n) is 3.18. The van der Waals surface area contributed by atoms with Crippen LogP contribution in [-0.4, -0.2) is 51.0 Å². The number of nitrogens with two attached hydrogens (primary N) is 1. The highest BCUT2D eigenvalue weighted by Gasteiger charge is 2.29. The Bertz CT molecular complexity index is 668. The molecule has 6 nitrogen and oxygen atoms in total. The molecule has 0 aliphatic carbocycles. The number of amides is 1. The molecule has 0 spiro atoms. The molecule has 1 rings (SSSR count). The summed E-state index contributed by atoms with van der Waals surface area (Å²) in [7, 11) is -2.56. The normalized spacial score (nSPS) is 13.3. The van der Waals surface area contributed by atoms with E-state index < -0.39 is 34.7 Å². The lowest BCUT2D eigenvalue weighted by atomic mass is 10.2. The van der Waals surface area contributed by atoms with Crippen molar-refractivity contribution in [1.82, 2.24) is 9.62 Å². The smallest absolute Gasteiger partial charge is 0.343 e. The Morgan fingerprint density at radius 1 is 1.38 bits per heavy atom. The minimum Gasteiger partial charge on any atom is -0.343 e. The highest BCUT2D eigenvalue weighted by Crippen LogP contribution is 2.18. The number of hydrogen-bond donors (Lipinski definition) is 2. The van der Waals surface area contributed by atoms with Crippen molar-refractivity contribution in [2.75, 3.05) is 20.1 Å². The maximum Gasteiger partial charge on any atom is 0.405 e. The van der Waals surface area contributed by atoms with Gasteiger partial charge in [-0.3, -0.25) is 4.79 Å². The second kappa shape index (κ2) is 8.65. The minimum atomic E-state index is -4.55. The van der Waals surface area contributed by atoms with Crippen LogP contribution in [0.4, 0.5) is 13.2 Å². The summed E-state index contributed by atoms with van der Waals surface area (Å²) in [5, 5.41) is 1.69. The van der Waals surface area contributed by atoms with Crippen molar-refractivity contribution >= 4 is 28.3 Å². The number of nitrogens with one attached hydrogen (secondary N) is 1. The molecule has 3 N–H and O–H groups in total. The molecule has 0 saturated carbocycles. The number of rotatable bonds is 6. The van der Waals surface area contributed by atoms with Crippen LogP contribution in [0.5, 0.6) is 0 Å². The first-order valence-corrected chi connectivity index (χ1v) is 8.06. The molecule has 11 heteroatoms. The van der Waals surface area contributed by atoms with Crippen molar-refractivity contribution in [2.24, 2.45) is 5.73 Å². The van der Waals surface area contributed by atoms with Gasteiger partial charge in [0.15, 0.2) is 0 Å². The number of carbonyl (C=O) groups is 1. The summed E-state index contributed by atoms with van der Waals surface area (Å²) in [5.41, 5.74) is 5.25. The van der Waals surface area contributed by atoms with Gasteiger partial charge in [0.2, 0.25) is 10.0 Å². The molecule has 1 aromatic rings. The molecule has 0 saturated heterocycles. The monoisotopic (exact) mass is 389 g/mol. The van der Waals surface area contributed by atoms with Crippen LogP contribution in [0.25, 0.3) is 0 Å². The third kappa shape index (κ3) is 5.93. The van der Waals surface area contributed by atoms with Crippen LogP contribution in [0, 0.1) is 0 Å². The first-order valence-electron chi connectivity index (χ1n) is 6.62. The number of carbonyl (C=O) groups excluding carboxylic acids is 1. The van der Waals surface area contributed by atoms with E-state index in [1.54, 1.807) is 12.2 Å². The summed E-state index contributed by atoms with van der Waals surface area (Å²) in [6.45, 7) is 0.214. The molecule has 0 bridgehead atoms. The molecular weight excluding hydrogens is 371 g/mol. The largest absolute Gasteiger partial charge is 0.405 e. The summed E-state index contributed by atoms with van der Waals surface area (Å²) >= 11 is 0. The molecule has 1 amide bonds. The average molecular weight is 390 g/mol. The molecule has 0 radical (unpaired) electrons. The molecule has 0 fully saturated rings. The van der Waals surface area contributed by atoms with Crippen molar-refractivity contribution in [1.29, 1.82) is 0 Å². The van der Waals surface area contributed by atoms with Crippen molar-refractivity contribution in [3.63, 3.8) is 0 Å². The molecule has 1 unspecified atom stereocenters. The Labute approximate surface area is 144 Å². The fourth-order valence-corrected chi connectivity index (χ4v) is 3.05. The Hall–Kier alpha value is -1.36. The number of sulfonamides is 1. The molecule has 24 heavy (non-hydrogen) atoms. The molecule has 0 aliphatic heterocycles. The second-order valence-corrected chi connectivity index (χ2v) is 6.93. The van der Waals surface area contributed by atoms with Gasteiger partial charge < -0.3 is 11.1 Å². The lowest BCUT2D eigenvalue weighted by Crippen LogP contribution is -2.39. The maximum absolute atomic E-state index is 12.4. The quantitative estimate of drug-likeness (QED) is 0.768. The molecular formula is C13H19ClF3N3O3S. The minimum absolute atomic E-state index is 0. The average Bonchev–Trinajstić information content (AvgIpc) is 2.50. The molecule has 1 atom stereocenters. The standard InChI is InChI=1S/C13H18F3N3O3S.ClH/c1-9(7-17)19(2)23(21,22)11-5-3-4-10(6-11)12(20)18-8-13(14,15)16;/h3-6,9H,7-8,17H2,1-2H3,(H,18,20);1H. The zero-order chi connectivity index (χ0) is 17.8. The van der Waals surface area contributed by atoms with Gasteiger partial charge in [0.1, 0.15) is 6.54 Å². The van der Waals surface area contributed by atoms with Crippen LogP contribution < -0.4 is 11.1 Å². The summed E-state index contributed by atoms with van der Waals surface area (Å²) in [6, 6.07) is 4.34. The summed E-state index contributed by atoms with van der Waals surface area (Å²) in [6.07, 6.45) is -4.55. The van der Waals surface area contributed by atoms with E-state index in [1.807, 2.05) is 0 Å². The molecule has 0 heterocycles. The lowest BCUT2D eigenvalue weighted by Gasteiger charge is -2.23. The zero-order valence-electron chi connectivity index (χ0n) is 13.0. The van der Waals surface area contributed by atoms with Gasteiger partial charge in [0.05, 0.1) is 4.90 Å². The molecule has 138 valence electrons. The van der Waals surface area contributed by atoms with E-state index in [-0.39, 0.29) is 29.4 Å². The fourth-order valence-electron chi connectivity index (χ4n) is 1.63. The van der Waals surface area contributed by atoms with E-state index in [1.165, 1.54) is 25.2 Å². The number of hydrogen-bond acceptors (Lipinski definition) is 4. The summed E-state index contributed by atoms with van der Waals surface area (Å²) < 4.78 is 62.1. The van der Waals surface area contributed by atoms with Crippen LogP contribution in [-0.2, 0) is 10.0 Å². The van der Waals surface area contributed by atoms with E-state index in [0.29, 0.717) is 0 Å². The van der Waals surface area contributed by atoms with Crippen molar-refractivity contribution in [2.45, 2.75) is 24.0 Å². The van der Waals surface area contributed by atoms with Crippen molar-refractivity contribution < 1.29 is 26.4 Å². The zero-order valence-corrected chi connectivity index (χ0v) is 14.6. The highest BCUT2D eigenvalue weighted by atomic mass is 35.5. The highest BCUT2D eigenvalue weighted by molar-refractivity contribution is 7.89. The van der Waals surface area contributed by atoms with Crippen LogP contribution in [0.3, 0.4) is 0 Å². The Balaban J connectivity index is 0.00000529.